The minimum Gasteiger partial charge on any atom is -0.380 e. The average Bonchev–Trinajstić information content (AvgIpc) is 2.98. The van der Waals surface area contributed by atoms with E-state index >= 15 is 0 Å². The molecule has 0 unspecified atom stereocenters. The highest BCUT2D eigenvalue weighted by Crippen LogP contribution is 2.30. The molecule has 1 N–H and O–H groups in total. The van der Waals surface area contributed by atoms with E-state index in [0.29, 0.717) is 19.8 Å². The molecule has 0 spiro atoms. The monoisotopic (exact) mass is 335 g/mol. The van der Waals surface area contributed by atoms with Gasteiger partial charge < -0.3 is 10.1 Å². The molecule has 0 radical (unpaired) electrons. The Labute approximate surface area is 139 Å². The number of benzene rings is 1. The van der Waals surface area contributed by atoms with Crippen molar-refractivity contribution in [2.75, 3.05) is 19.8 Å². The number of carbonyl (C=O) groups excluding carboxylic acids is 1. The lowest BCUT2D eigenvalue weighted by Crippen LogP contribution is -2.25. The summed E-state index contributed by atoms with van der Waals surface area (Å²) in [6, 6.07) is 11.8. The van der Waals surface area contributed by atoms with E-state index in [1.54, 1.807) is 17.4 Å². The van der Waals surface area contributed by atoms with Crippen LogP contribution in [0.1, 0.15) is 11.8 Å². The molecule has 116 valence electrons. The van der Waals surface area contributed by atoms with Gasteiger partial charge in [0.2, 0.25) is 5.91 Å². The molecule has 2 rings (SSSR count). The van der Waals surface area contributed by atoms with Gasteiger partial charge in [0, 0.05) is 34.0 Å². The summed E-state index contributed by atoms with van der Waals surface area (Å²) in [5.41, 5.74) is 1.08. The maximum absolute atomic E-state index is 11.6. The van der Waals surface area contributed by atoms with Crippen molar-refractivity contribution < 1.29 is 9.53 Å². The van der Waals surface area contributed by atoms with Crippen molar-refractivity contribution in [1.82, 2.24) is 5.32 Å². The number of carbonyl (C=O) groups is 1. The summed E-state index contributed by atoms with van der Waals surface area (Å²) in [5.74, 6) is -0.114. The van der Waals surface area contributed by atoms with Gasteiger partial charge >= 0.3 is 0 Å². The predicted octanol–water partition coefficient (Wildman–Crippen LogP) is 4.23. The second-order valence-electron chi connectivity index (χ2n) is 4.53. The van der Waals surface area contributed by atoms with Gasteiger partial charge in [0.15, 0.2) is 0 Å². The Morgan fingerprint density at radius 2 is 2.23 bits per heavy atom. The summed E-state index contributed by atoms with van der Waals surface area (Å²) in [4.78, 5) is 13.8. The summed E-state index contributed by atoms with van der Waals surface area (Å²) in [7, 11) is 0. The van der Waals surface area contributed by atoms with Crippen molar-refractivity contribution in [3.63, 3.8) is 0 Å². The SMILES string of the molecule is CCOCCNC(=O)/C=C/c1ccc(-c2cccc(Cl)c2)s1. The molecule has 0 aliphatic carbocycles. The van der Waals surface area contributed by atoms with Gasteiger partial charge in [0.05, 0.1) is 6.61 Å². The molecule has 0 fully saturated rings. The first-order valence-corrected chi connectivity index (χ1v) is 8.28. The van der Waals surface area contributed by atoms with E-state index in [1.165, 1.54) is 0 Å². The Morgan fingerprint density at radius 3 is 3.00 bits per heavy atom. The van der Waals surface area contributed by atoms with Crippen molar-refractivity contribution in [2.45, 2.75) is 6.92 Å². The van der Waals surface area contributed by atoms with Crippen LogP contribution in [0.15, 0.2) is 42.5 Å². The molecule has 5 heteroatoms. The highest BCUT2D eigenvalue weighted by Gasteiger charge is 2.02. The summed E-state index contributed by atoms with van der Waals surface area (Å²) in [6.45, 7) is 3.65. The van der Waals surface area contributed by atoms with Crippen LogP contribution in [0.4, 0.5) is 0 Å². The summed E-state index contributed by atoms with van der Waals surface area (Å²) >= 11 is 7.62. The van der Waals surface area contributed by atoms with Gasteiger partial charge in [0.25, 0.3) is 0 Å². The van der Waals surface area contributed by atoms with Gasteiger partial charge in [-0.05, 0) is 42.8 Å². The Balaban J connectivity index is 1.91. The highest BCUT2D eigenvalue weighted by molar-refractivity contribution is 7.16. The molecule has 22 heavy (non-hydrogen) atoms. The highest BCUT2D eigenvalue weighted by atomic mass is 35.5. The topological polar surface area (TPSA) is 38.3 Å². The van der Waals surface area contributed by atoms with Crippen molar-refractivity contribution >= 4 is 34.9 Å². The zero-order chi connectivity index (χ0) is 15.8. The maximum Gasteiger partial charge on any atom is 0.244 e. The fraction of sp³-hybridized carbons (Fsp3) is 0.235. The van der Waals surface area contributed by atoms with Crippen LogP contribution in [-0.2, 0) is 9.53 Å². The third-order valence-electron chi connectivity index (χ3n) is 2.88. The first kappa shape index (κ1) is 16.7. The van der Waals surface area contributed by atoms with E-state index in [4.69, 9.17) is 16.3 Å². The van der Waals surface area contributed by atoms with Crippen LogP contribution in [0.3, 0.4) is 0 Å². The fourth-order valence-electron chi connectivity index (χ4n) is 1.85. The number of halogens is 1. The third-order valence-corrected chi connectivity index (χ3v) is 4.22. The number of amides is 1. The number of hydrogen-bond donors (Lipinski definition) is 1. The molecule has 1 amide bonds. The molecule has 1 aromatic heterocycles. The largest absolute Gasteiger partial charge is 0.380 e. The molecule has 0 saturated heterocycles. The summed E-state index contributed by atoms with van der Waals surface area (Å²) in [5, 5.41) is 3.49. The third kappa shape index (κ3) is 5.30. The fourth-order valence-corrected chi connectivity index (χ4v) is 2.94. The number of thiophene rings is 1. The Kier molecular flexibility index (Phi) is 6.65. The van der Waals surface area contributed by atoms with Crippen molar-refractivity contribution in [3.05, 3.63) is 52.4 Å². The molecule has 1 heterocycles. The van der Waals surface area contributed by atoms with Crippen LogP contribution in [0.5, 0.6) is 0 Å². The van der Waals surface area contributed by atoms with Gasteiger partial charge in [-0.2, -0.15) is 0 Å². The minimum atomic E-state index is -0.114. The van der Waals surface area contributed by atoms with Crippen molar-refractivity contribution in [1.29, 1.82) is 0 Å². The van der Waals surface area contributed by atoms with Crippen LogP contribution in [0.2, 0.25) is 5.02 Å². The zero-order valence-corrected chi connectivity index (χ0v) is 13.9. The first-order chi connectivity index (χ1) is 10.7. The normalized spacial score (nSPS) is 11.0. The van der Waals surface area contributed by atoms with Gasteiger partial charge in [0.1, 0.15) is 0 Å². The van der Waals surface area contributed by atoms with Gasteiger partial charge in [-0.25, -0.2) is 0 Å². The lowest BCUT2D eigenvalue weighted by atomic mass is 10.2. The molecule has 0 atom stereocenters. The molecule has 0 saturated carbocycles. The zero-order valence-electron chi connectivity index (χ0n) is 12.3. The molecular formula is C17H18ClNO2S. The predicted molar refractivity (Wildman–Crippen MR) is 93.3 cm³/mol. The Bertz CT molecular complexity index is 652. The first-order valence-electron chi connectivity index (χ1n) is 7.08. The molecule has 0 bridgehead atoms. The average molecular weight is 336 g/mol. The lowest BCUT2D eigenvalue weighted by Gasteiger charge is -2.01. The number of rotatable bonds is 7. The maximum atomic E-state index is 11.6. The Hall–Kier alpha value is -1.62. The molecule has 1 aromatic carbocycles. The standard InChI is InChI=1S/C17H18ClNO2S/c1-2-21-11-10-19-17(20)9-7-15-6-8-16(22-15)13-4-3-5-14(18)12-13/h3-9,12H,2,10-11H2,1H3,(H,19,20)/b9-7+. The van der Waals surface area contributed by atoms with Gasteiger partial charge in [-0.15, -0.1) is 11.3 Å². The lowest BCUT2D eigenvalue weighted by molar-refractivity contribution is -0.116. The Morgan fingerprint density at radius 1 is 1.36 bits per heavy atom. The van der Waals surface area contributed by atoms with Crippen molar-refractivity contribution in [3.8, 4) is 10.4 Å². The molecule has 3 nitrogen and oxygen atoms in total. The number of hydrogen-bond acceptors (Lipinski definition) is 3. The molecular weight excluding hydrogens is 318 g/mol. The smallest absolute Gasteiger partial charge is 0.244 e. The number of ether oxygens (including phenoxy) is 1. The van der Waals surface area contributed by atoms with E-state index in [1.807, 2.05) is 49.4 Å². The minimum absolute atomic E-state index is 0.114. The summed E-state index contributed by atoms with van der Waals surface area (Å²) in [6.07, 6.45) is 3.36. The van der Waals surface area contributed by atoms with Crippen LogP contribution in [-0.4, -0.2) is 25.7 Å². The van der Waals surface area contributed by atoms with Crippen LogP contribution in [0.25, 0.3) is 16.5 Å². The molecule has 0 aliphatic rings. The van der Waals surface area contributed by atoms with E-state index in [0.717, 1.165) is 20.3 Å². The van der Waals surface area contributed by atoms with Crippen LogP contribution < -0.4 is 5.32 Å². The quantitative estimate of drug-likeness (QED) is 0.607. The second kappa shape index (κ2) is 8.73. The van der Waals surface area contributed by atoms with Gasteiger partial charge in [-0.3, -0.25) is 4.79 Å². The van der Waals surface area contributed by atoms with Crippen LogP contribution in [0, 0.1) is 0 Å². The van der Waals surface area contributed by atoms with E-state index in [9.17, 15) is 4.79 Å². The van der Waals surface area contributed by atoms with E-state index < -0.39 is 0 Å². The molecule has 0 aliphatic heterocycles. The van der Waals surface area contributed by atoms with Crippen molar-refractivity contribution in [2.24, 2.45) is 0 Å². The molecule has 2 aromatic rings. The summed E-state index contributed by atoms with van der Waals surface area (Å²) < 4.78 is 5.16. The second-order valence-corrected chi connectivity index (χ2v) is 6.09. The van der Waals surface area contributed by atoms with E-state index in [-0.39, 0.29) is 5.91 Å². The number of nitrogens with one attached hydrogen (secondary N) is 1. The van der Waals surface area contributed by atoms with Crippen LogP contribution >= 0.6 is 22.9 Å². The van der Waals surface area contributed by atoms with Gasteiger partial charge in [-0.1, -0.05) is 23.7 Å². The van der Waals surface area contributed by atoms with E-state index in [2.05, 4.69) is 5.32 Å².